The van der Waals surface area contributed by atoms with Crippen LogP contribution in [-0.4, -0.2) is 45.9 Å². The van der Waals surface area contributed by atoms with Crippen molar-refractivity contribution in [1.29, 1.82) is 0 Å². The Labute approximate surface area is 120 Å². The third-order valence-electron chi connectivity index (χ3n) is 4.05. The Morgan fingerprint density at radius 2 is 1.75 bits per heavy atom. The van der Waals surface area contributed by atoms with Crippen LogP contribution in [0.15, 0.2) is 36.7 Å². The van der Waals surface area contributed by atoms with Crippen molar-refractivity contribution in [2.45, 2.75) is 20.0 Å². The number of hydrogen-bond acceptors (Lipinski definition) is 3. The summed E-state index contributed by atoms with van der Waals surface area (Å²) >= 11 is 0. The maximum Gasteiger partial charge on any atom is 0.120 e. The molecule has 2 aromatic rings. The summed E-state index contributed by atoms with van der Waals surface area (Å²) in [5.41, 5.74) is 2.84. The van der Waals surface area contributed by atoms with Gasteiger partial charge in [-0.25, -0.2) is 4.98 Å². The molecule has 20 heavy (non-hydrogen) atoms. The van der Waals surface area contributed by atoms with Crippen LogP contribution >= 0.6 is 0 Å². The molecule has 1 N–H and O–H groups in total. The number of nitrogens with one attached hydrogen (secondary N) is 1. The predicted octanol–water partition coefficient (Wildman–Crippen LogP) is 2.04. The summed E-state index contributed by atoms with van der Waals surface area (Å²) in [5.74, 6) is 1.07. The molecule has 0 unspecified atom stereocenters. The Bertz CT molecular complexity index is 527. The number of aromatic nitrogens is 2. The fraction of sp³-hybridized carbons (Fsp3) is 0.438. The normalized spacial score (nSPS) is 17.4. The molecule has 0 atom stereocenters. The number of nitrogens with zero attached hydrogens (tertiary/aromatic N) is 3. The van der Waals surface area contributed by atoms with Gasteiger partial charge in [-0.3, -0.25) is 9.80 Å². The molecular formula is C16H22N4. The molecule has 0 radical (unpaired) electrons. The van der Waals surface area contributed by atoms with Gasteiger partial charge < -0.3 is 4.98 Å². The number of piperazine rings is 1. The van der Waals surface area contributed by atoms with E-state index in [0.29, 0.717) is 0 Å². The number of rotatable bonds is 4. The van der Waals surface area contributed by atoms with E-state index in [2.05, 4.69) is 51.0 Å². The second-order valence-corrected chi connectivity index (χ2v) is 5.51. The van der Waals surface area contributed by atoms with Gasteiger partial charge in [0.05, 0.1) is 6.54 Å². The fourth-order valence-electron chi connectivity index (χ4n) is 2.73. The largest absolute Gasteiger partial charge is 0.348 e. The van der Waals surface area contributed by atoms with E-state index in [-0.39, 0.29) is 0 Å². The summed E-state index contributed by atoms with van der Waals surface area (Å²) < 4.78 is 0. The first kappa shape index (κ1) is 13.3. The van der Waals surface area contributed by atoms with Gasteiger partial charge in [0.2, 0.25) is 0 Å². The van der Waals surface area contributed by atoms with E-state index in [1.807, 2.05) is 12.4 Å². The molecule has 0 spiro atoms. The minimum absolute atomic E-state index is 0.936. The van der Waals surface area contributed by atoms with Crippen LogP contribution in [0.5, 0.6) is 0 Å². The molecule has 0 bridgehead atoms. The molecule has 4 heteroatoms. The lowest BCUT2D eigenvalue weighted by Crippen LogP contribution is -2.45. The second-order valence-electron chi connectivity index (χ2n) is 5.51. The molecule has 1 aliphatic rings. The van der Waals surface area contributed by atoms with Crippen LogP contribution < -0.4 is 0 Å². The number of aromatic amines is 1. The first-order valence-electron chi connectivity index (χ1n) is 7.29. The standard InChI is InChI=1S/C16H22N4/c1-14-4-2-3-5-15(14)12-19-8-10-20(11-9-19)13-16-17-6-7-18-16/h2-7H,8-13H2,1H3,(H,17,18). The van der Waals surface area contributed by atoms with E-state index in [0.717, 1.165) is 45.1 Å². The summed E-state index contributed by atoms with van der Waals surface area (Å²) in [6, 6.07) is 8.68. The zero-order valence-corrected chi connectivity index (χ0v) is 12.0. The van der Waals surface area contributed by atoms with E-state index >= 15 is 0 Å². The van der Waals surface area contributed by atoms with Gasteiger partial charge in [0.1, 0.15) is 5.82 Å². The smallest absolute Gasteiger partial charge is 0.120 e. The first-order valence-corrected chi connectivity index (χ1v) is 7.29. The van der Waals surface area contributed by atoms with Gasteiger partial charge in [-0.1, -0.05) is 24.3 Å². The Balaban J connectivity index is 1.50. The highest BCUT2D eigenvalue weighted by atomic mass is 15.3. The van der Waals surface area contributed by atoms with Gasteiger partial charge >= 0.3 is 0 Å². The van der Waals surface area contributed by atoms with Crippen molar-refractivity contribution in [2.75, 3.05) is 26.2 Å². The molecule has 1 aromatic heterocycles. The highest BCUT2D eigenvalue weighted by Crippen LogP contribution is 2.13. The van der Waals surface area contributed by atoms with Crippen LogP contribution in [-0.2, 0) is 13.1 Å². The lowest BCUT2D eigenvalue weighted by atomic mass is 10.1. The molecule has 106 valence electrons. The van der Waals surface area contributed by atoms with Gasteiger partial charge in [0.15, 0.2) is 0 Å². The topological polar surface area (TPSA) is 35.2 Å². The van der Waals surface area contributed by atoms with Crippen LogP contribution in [0.2, 0.25) is 0 Å². The Morgan fingerprint density at radius 1 is 1.05 bits per heavy atom. The van der Waals surface area contributed by atoms with Crippen LogP contribution in [0.25, 0.3) is 0 Å². The van der Waals surface area contributed by atoms with Gasteiger partial charge in [-0.15, -0.1) is 0 Å². The maximum atomic E-state index is 4.30. The summed E-state index contributed by atoms with van der Waals surface area (Å²) in [4.78, 5) is 12.5. The third kappa shape index (κ3) is 3.26. The van der Waals surface area contributed by atoms with E-state index in [4.69, 9.17) is 0 Å². The van der Waals surface area contributed by atoms with Gasteiger partial charge in [0.25, 0.3) is 0 Å². The Morgan fingerprint density at radius 3 is 2.40 bits per heavy atom. The van der Waals surface area contributed by atoms with Crippen molar-refractivity contribution in [2.24, 2.45) is 0 Å². The quantitative estimate of drug-likeness (QED) is 0.923. The van der Waals surface area contributed by atoms with Gasteiger partial charge in [0, 0.05) is 45.1 Å². The maximum absolute atomic E-state index is 4.30. The molecule has 1 aliphatic heterocycles. The van der Waals surface area contributed by atoms with Gasteiger partial charge in [-0.2, -0.15) is 0 Å². The zero-order chi connectivity index (χ0) is 13.8. The minimum atomic E-state index is 0.936. The van der Waals surface area contributed by atoms with Crippen molar-refractivity contribution < 1.29 is 0 Å². The van der Waals surface area contributed by atoms with Crippen LogP contribution in [0.3, 0.4) is 0 Å². The highest BCUT2D eigenvalue weighted by Gasteiger charge is 2.17. The van der Waals surface area contributed by atoms with Crippen molar-refractivity contribution in [1.82, 2.24) is 19.8 Å². The lowest BCUT2D eigenvalue weighted by molar-refractivity contribution is 0.120. The summed E-state index contributed by atoms with van der Waals surface area (Å²) in [6.45, 7) is 8.71. The molecule has 0 aliphatic carbocycles. The van der Waals surface area contributed by atoms with Crippen LogP contribution in [0.4, 0.5) is 0 Å². The molecule has 1 fully saturated rings. The summed E-state index contributed by atoms with van der Waals surface area (Å²) in [5, 5.41) is 0. The number of imidazole rings is 1. The zero-order valence-electron chi connectivity index (χ0n) is 12.0. The number of H-pyrrole nitrogens is 1. The van der Waals surface area contributed by atoms with E-state index < -0.39 is 0 Å². The second kappa shape index (κ2) is 6.20. The molecule has 2 heterocycles. The number of aryl methyl sites for hydroxylation is 1. The highest BCUT2D eigenvalue weighted by molar-refractivity contribution is 5.25. The molecule has 0 amide bonds. The SMILES string of the molecule is Cc1ccccc1CN1CCN(Cc2ncc[nH]2)CC1. The predicted molar refractivity (Wildman–Crippen MR) is 80.3 cm³/mol. The monoisotopic (exact) mass is 270 g/mol. The lowest BCUT2D eigenvalue weighted by Gasteiger charge is -2.34. The van der Waals surface area contributed by atoms with Crippen molar-refractivity contribution in [3.05, 3.63) is 53.6 Å². The fourth-order valence-corrected chi connectivity index (χ4v) is 2.73. The van der Waals surface area contributed by atoms with Gasteiger partial charge in [-0.05, 0) is 18.1 Å². The molecule has 4 nitrogen and oxygen atoms in total. The molecule has 0 saturated carbocycles. The average molecular weight is 270 g/mol. The Kier molecular flexibility index (Phi) is 4.14. The average Bonchev–Trinajstić information content (AvgIpc) is 2.96. The third-order valence-corrected chi connectivity index (χ3v) is 4.05. The van der Waals surface area contributed by atoms with Crippen molar-refractivity contribution in [3.8, 4) is 0 Å². The van der Waals surface area contributed by atoms with E-state index in [1.54, 1.807) is 0 Å². The van der Waals surface area contributed by atoms with Crippen LogP contribution in [0.1, 0.15) is 17.0 Å². The van der Waals surface area contributed by atoms with E-state index in [9.17, 15) is 0 Å². The Hall–Kier alpha value is -1.65. The van der Waals surface area contributed by atoms with Crippen molar-refractivity contribution in [3.63, 3.8) is 0 Å². The number of hydrogen-bond donors (Lipinski definition) is 1. The summed E-state index contributed by atoms with van der Waals surface area (Å²) in [6.07, 6.45) is 3.72. The van der Waals surface area contributed by atoms with E-state index in [1.165, 1.54) is 11.1 Å². The summed E-state index contributed by atoms with van der Waals surface area (Å²) in [7, 11) is 0. The number of benzene rings is 1. The molecule has 1 aromatic carbocycles. The van der Waals surface area contributed by atoms with Crippen molar-refractivity contribution >= 4 is 0 Å². The first-order chi connectivity index (χ1) is 9.81. The minimum Gasteiger partial charge on any atom is -0.348 e. The molecule has 3 rings (SSSR count). The molecular weight excluding hydrogens is 248 g/mol. The van der Waals surface area contributed by atoms with Crippen LogP contribution in [0, 0.1) is 6.92 Å². The molecule has 1 saturated heterocycles.